The molecule has 0 aromatic carbocycles. The smallest absolute Gasteiger partial charge is 0.255 e. The monoisotopic (exact) mass is 158 g/mol. The lowest BCUT2D eigenvalue weighted by molar-refractivity contribution is 0.348. The Labute approximate surface area is 57.5 Å². The van der Waals surface area contributed by atoms with Crippen LogP contribution >= 0.6 is 35.4 Å². The minimum Gasteiger partial charge on any atom is -0.474 e. The minimum absolute atomic E-state index is 0.0284. The van der Waals surface area contributed by atoms with Gasteiger partial charge >= 0.3 is 0 Å². The molecule has 0 aliphatic rings. The number of halogens is 2. The van der Waals surface area contributed by atoms with Gasteiger partial charge in [0.2, 0.25) is 0 Å². The van der Waals surface area contributed by atoms with Crippen LogP contribution in [0.25, 0.3) is 0 Å². The predicted octanol–water partition coefficient (Wildman–Crippen LogP) is 1.77. The summed E-state index contributed by atoms with van der Waals surface area (Å²) in [6.07, 6.45) is 0. The van der Waals surface area contributed by atoms with Crippen LogP contribution in [0.2, 0.25) is 0 Å². The van der Waals surface area contributed by atoms with Gasteiger partial charge in [-0.1, -0.05) is 0 Å². The van der Waals surface area contributed by atoms with Crippen molar-refractivity contribution >= 4 is 39.9 Å². The first kappa shape index (κ1) is 7.47. The largest absolute Gasteiger partial charge is 0.474 e. The number of rotatable bonds is 2. The van der Waals surface area contributed by atoms with Gasteiger partial charge in [0.25, 0.3) is 4.51 Å². The van der Waals surface area contributed by atoms with Gasteiger partial charge in [0.05, 0.1) is 5.88 Å². The molecule has 0 aromatic heterocycles. The Morgan fingerprint density at radius 2 is 2.29 bits per heavy atom. The topological polar surface area (TPSA) is 9.23 Å². The SMILES string of the molecule is S=C(Cl)OCCCl. The summed E-state index contributed by atoms with van der Waals surface area (Å²) < 4.78 is 4.58. The first-order chi connectivity index (χ1) is 3.27. The van der Waals surface area contributed by atoms with E-state index in [9.17, 15) is 0 Å². The van der Waals surface area contributed by atoms with E-state index in [-0.39, 0.29) is 4.51 Å². The van der Waals surface area contributed by atoms with Crippen LogP contribution < -0.4 is 0 Å². The van der Waals surface area contributed by atoms with Crippen molar-refractivity contribution in [3.63, 3.8) is 0 Å². The molecule has 0 heterocycles. The summed E-state index contributed by atoms with van der Waals surface area (Å²) >= 11 is 14.7. The van der Waals surface area contributed by atoms with Crippen molar-refractivity contribution in [1.82, 2.24) is 0 Å². The number of hydrogen-bond acceptors (Lipinski definition) is 2. The fraction of sp³-hybridized carbons (Fsp3) is 0.667. The normalized spacial score (nSPS) is 8.29. The van der Waals surface area contributed by atoms with E-state index in [0.717, 1.165) is 0 Å². The van der Waals surface area contributed by atoms with Crippen LogP contribution in [-0.4, -0.2) is 17.0 Å². The van der Waals surface area contributed by atoms with E-state index in [0.29, 0.717) is 12.5 Å². The summed E-state index contributed by atoms with van der Waals surface area (Å²) in [5, 5.41) is 0. The van der Waals surface area contributed by atoms with Gasteiger partial charge in [-0.05, 0) is 23.8 Å². The summed E-state index contributed by atoms with van der Waals surface area (Å²) in [6, 6.07) is 0. The molecule has 0 rings (SSSR count). The minimum atomic E-state index is 0.0284. The van der Waals surface area contributed by atoms with Crippen molar-refractivity contribution in [1.29, 1.82) is 0 Å². The highest BCUT2D eigenvalue weighted by atomic mass is 35.5. The molecule has 0 aliphatic heterocycles. The summed E-state index contributed by atoms with van der Waals surface area (Å²) in [7, 11) is 0. The molecule has 0 aliphatic carbocycles. The van der Waals surface area contributed by atoms with E-state index in [2.05, 4.69) is 17.0 Å². The maximum atomic E-state index is 5.20. The Hall–Kier alpha value is 0.470. The maximum absolute atomic E-state index is 5.20. The van der Waals surface area contributed by atoms with Crippen LogP contribution in [0.4, 0.5) is 0 Å². The summed E-state index contributed by atoms with van der Waals surface area (Å²) in [5.74, 6) is 0.423. The molecular weight excluding hydrogens is 155 g/mol. The molecule has 42 valence electrons. The molecule has 0 saturated carbocycles. The van der Waals surface area contributed by atoms with Gasteiger partial charge in [-0.15, -0.1) is 11.6 Å². The molecule has 0 fully saturated rings. The lowest BCUT2D eigenvalue weighted by Gasteiger charge is -1.93. The lowest BCUT2D eigenvalue weighted by atomic mass is 10.9. The van der Waals surface area contributed by atoms with Crippen molar-refractivity contribution in [3.05, 3.63) is 0 Å². The predicted molar refractivity (Wildman–Crippen MR) is 35.1 cm³/mol. The van der Waals surface area contributed by atoms with Gasteiger partial charge < -0.3 is 4.74 Å². The molecule has 0 N–H and O–H groups in total. The first-order valence-electron chi connectivity index (χ1n) is 1.65. The number of hydrogen-bond donors (Lipinski definition) is 0. The summed E-state index contributed by atoms with van der Waals surface area (Å²) in [6.45, 7) is 0.393. The fourth-order valence-electron chi connectivity index (χ4n) is 0.119. The second kappa shape index (κ2) is 4.62. The number of thiocarbonyl (C=S) groups is 1. The van der Waals surface area contributed by atoms with Crippen LogP contribution in [0.5, 0.6) is 0 Å². The molecule has 0 aromatic rings. The highest BCUT2D eigenvalue weighted by Gasteiger charge is 1.85. The Morgan fingerprint density at radius 1 is 1.71 bits per heavy atom. The second-order valence-corrected chi connectivity index (χ2v) is 2.09. The van der Waals surface area contributed by atoms with Gasteiger partial charge in [0.15, 0.2) is 0 Å². The summed E-state index contributed by atoms with van der Waals surface area (Å²) in [4.78, 5) is 0. The van der Waals surface area contributed by atoms with Crippen molar-refractivity contribution < 1.29 is 4.74 Å². The van der Waals surface area contributed by atoms with E-state index in [1.165, 1.54) is 0 Å². The quantitative estimate of drug-likeness (QED) is 0.345. The lowest BCUT2D eigenvalue weighted by Crippen LogP contribution is -1.95. The molecular formula is C3H4Cl2OS. The van der Waals surface area contributed by atoms with Crippen molar-refractivity contribution in [2.24, 2.45) is 0 Å². The standard InChI is InChI=1S/C3H4Cl2OS/c4-1-2-6-3(5)7/h1-2H2. The van der Waals surface area contributed by atoms with E-state index >= 15 is 0 Å². The molecule has 0 bridgehead atoms. The van der Waals surface area contributed by atoms with Gasteiger partial charge in [-0.3, -0.25) is 0 Å². The van der Waals surface area contributed by atoms with Gasteiger partial charge in [0, 0.05) is 0 Å². The maximum Gasteiger partial charge on any atom is 0.255 e. The number of ether oxygens (including phenoxy) is 1. The second-order valence-electron chi connectivity index (χ2n) is 0.775. The fourth-order valence-corrected chi connectivity index (χ4v) is 0.356. The average molecular weight is 159 g/mol. The van der Waals surface area contributed by atoms with E-state index in [4.69, 9.17) is 23.2 Å². The molecule has 1 nitrogen and oxygen atoms in total. The number of alkyl halides is 1. The first-order valence-corrected chi connectivity index (χ1v) is 2.97. The Balaban J connectivity index is 2.82. The molecule has 7 heavy (non-hydrogen) atoms. The highest BCUT2D eigenvalue weighted by molar-refractivity contribution is 7.82. The van der Waals surface area contributed by atoms with E-state index < -0.39 is 0 Å². The third-order valence-electron chi connectivity index (χ3n) is 0.293. The van der Waals surface area contributed by atoms with Gasteiger partial charge in [-0.25, -0.2) is 0 Å². The van der Waals surface area contributed by atoms with Crippen LogP contribution in [0.1, 0.15) is 0 Å². The Bertz CT molecular complexity index is 66.0. The molecule has 0 spiro atoms. The third kappa shape index (κ3) is 6.47. The van der Waals surface area contributed by atoms with Crippen LogP contribution in [0, 0.1) is 0 Å². The Kier molecular flexibility index (Phi) is 4.94. The van der Waals surface area contributed by atoms with E-state index in [1.807, 2.05) is 0 Å². The van der Waals surface area contributed by atoms with E-state index in [1.54, 1.807) is 0 Å². The zero-order valence-electron chi connectivity index (χ0n) is 3.49. The van der Waals surface area contributed by atoms with Crippen molar-refractivity contribution in [2.45, 2.75) is 0 Å². The van der Waals surface area contributed by atoms with Crippen LogP contribution in [0.3, 0.4) is 0 Å². The molecule has 0 unspecified atom stereocenters. The molecule has 0 radical (unpaired) electrons. The molecule has 4 heteroatoms. The average Bonchev–Trinajstić information content (AvgIpc) is 1.61. The molecule has 0 saturated heterocycles. The van der Waals surface area contributed by atoms with Gasteiger partial charge in [0.1, 0.15) is 6.61 Å². The van der Waals surface area contributed by atoms with Crippen molar-refractivity contribution in [3.8, 4) is 0 Å². The zero-order chi connectivity index (χ0) is 5.70. The molecule has 0 atom stereocenters. The van der Waals surface area contributed by atoms with Crippen molar-refractivity contribution in [2.75, 3.05) is 12.5 Å². The molecule has 0 amide bonds. The third-order valence-corrected chi connectivity index (χ3v) is 0.674. The zero-order valence-corrected chi connectivity index (χ0v) is 5.81. The summed E-state index contributed by atoms with van der Waals surface area (Å²) in [5.41, 5.74) is 0. The van der Waals surface area contributed by atoms with Crippen LogP contribution in [-0.2, 0) is 4.74 Å². The van der Waals surface area contributed by atoms with Gasteiger partial charge in [-0.2, -0.15) is 0 Å². The Morgan fingerprint density at radius 3 is 2.43 bits per heavy atom. The van der Waals surface area contributed by atoms with Crippen LogP contribution in [0.15, 0.2) is 0 Å². The highest BCUT2D eigenvalue weighted by Crippen LogP contribution is 1.87.